The van der Waals surface area contributed by atoms with E-state index in [0.29, 0.717) is 84.7 Å². The lowest BCUT2D eigenvalue weighted by Gasteiger charge is -2.23. The molecule has 240 valence electrons. The second-order valence-electron chi connectivity index (χ2n) is 9.46. The number of rotatable bonds is 7. The van der Waals surface area contributed by atoms with E-state index in [2.05, 4.69) is 31.9 Å². The molecule has 2 aromatic heterocycles. The first kappa shape index (κ1) is 36.9. The van der Waals surface area contributed by atoms with Gasteiger partial charge in [-0.05, 0) is 42.9 Å². The Balaban J connectivity index is 0.00000216. The van der Waals surface area contributed by atoms with Gasteiger partial charge in [-0.1, -0.05) is 13.0 Å². The summed E-state index contributed by atoms with van der Waals surface area (Å²) in [4.78, 5) is 45.9. The number of methoxy groups -OCH3 is 1. The Morgan fingerprint density at radius 3 is 1.82 bits per heavy atom. The average Bonchev–Trinajstić information content (AvgIpc) is 3.02. The SMILES string of the molecule is CCc1cc(N=C=S)cc(CN2CCOCCOCCN(Cc3cccc(C(=O)OC)n3)CCOCCOCC2)n1.O=C=O. The van der Waals surface area contributed by atoms with Crippen LogP contribution < -0.4 is 0 Å². The number of pyridine rings is 2. The lowest BCUT2D eigenvalue weighted by atomic mass is 10.2. The number of esters is 1. The quantitative estimate of drug-likeness (QED) is 0.251. The van der Waals surface area contributed by atoms with Gasteiger partial charge in [-0.3, -0.25) is 14.8 Å². The zero-order valence-corrected chi connectivity index (χ0v) is 26.2. The molecule has 0 spiro atoms. The van der Waals surface area contributed by atoms with Gasteiger partial charge in [0.15, 0.2) is 0 Å². The maximum absolute atomic E-state index is 11.9. The highest BCUT2D eigenvalue weighted by atomic mass is 32.1. The van der Waals surface area contributed by atoms with Gasteiger partial charge in [-0.2, -0.15) is 14.6 Å². The Morgan fingerprint density at radius 1 is 0.841 bits per heavy atom. The summed E-state index contributed by atoms with van der Waals surface area (Å²) in [5.74, 6) is -0.449. The van der Waals surface area contributed by atoms with Crippen molar-refractivity contribution in [2.24, 2.45) is 4.99 Å². The van der Waals surface area contributed by atoms with Crippen molar-refractivity contribution in [3.8, 4) is 0 Å². The fraction of sp³-hybridized carbons (Fsp3) is 0.567. The van der Waals surface area contributed by atoms with Crippen LogP contribution in [0.1, 0.15) is 34.5 Å². The zero-order valence-electron chi connectivity index (χ0n) is 25.4. The minimum Gasteiger partial charge on any atom is -0.464 e. The molecular weight excluding hydrogens is 590 g/mol. The first-order chi connectivity index (χ1) is 21.5. The van der Waals surface area contributed by atoms with Gasteiger partial charge in [0, 0.05) is 45.0 Å². The van der Waals surface area contributed by atoms with Crippen LogP contribution in [0, 0.1) is 0 Å². The van der Waals surface area contributed by atoms with Gasteiger partial charge in [-0.15, -0.1) is 0 Å². The maximum atomic E-state index is 11.9. The summed E-state index contributed by atoms with van der Waals surface area (Å²) >= 11 is 4.79. The summed E-state index contributed by atoms with van der Waals surface area (Å²) in [5, 5.41) is 2.44. The number of thiocarbonyl (C=S) groups is 1. The molecule has 0 saturated carbocycles. The van der Waals surface area contributed by atoms with Crippen LogP contribution in [0.4, 0.5) is 5.69 Å². The van der Waals surface area contributed by atoms with Crippen LogP contribution in [-0.2, 0) is 52.8 Å². The summed E-state index contributed by atoms with van der Waals surface area (Å²) in [6, 6.07) is 9.24. The maximum Gasteiger partial charge on any atom is 0.373 e. The average molecular weight is 632 g/mol. The lowest BCUT2D eigenvalue weighted by Crippen LogP contribution is -2.33. The number of isothiocyanates is 1. The van der Waals surface area contributed by atoms with E-state index in [9.17, 15) is 4.79 Å². The van der Waals surface area contributed by atoms with E-state index in [1.807, 2.05) is 24.3 Å². The topological polar surface area (TPSA) is 142 Å². The molecule has 0 aliphatic carbocycles. The highest BCUT2D eigenvalue weighted by Crippen LogP contribution is 2.16. The number of hydrogen-bond donors (Lipinski definition) is 0. The molecule has 0 unspecified atom stereocenters. The fourth-order valence-corrected chi connectivity index (χ4v) is 4.32. The molecule has 3 heterocycles. The standard InChI is InChI=1S/C29H41N5O6S.CO2/c1-3-24-19-26(30-23-41)20-27(31-24)22-34-9-13-39-17-15-37-11-7-33(8-12-38-16-18-40-14-10-34)21-25-5-4-6-28(32-25)29(35)36-2;2-1-3/h4-6,19-20H,3,7-18,21-22H2,1-2H3;. The molecule has 1 aliphatic heterocycles. The van der Waals surface area contributed by atoms with Gasteiger partial charge < -0.3 is 23.7 Å². The summed E-state index contributed by atoms with van der Waals surface area (Å²) in [5.41, 5.74) is 3.75. The van der Waals surface area contributed by atoms with Gasteiger partial charge in [-0.25, -0.2) is 9.78 Å². The molecule has 1 fully saturated rings. The van der Waals surface area contributed by atoms with Crippen molar-refractivity contribution in [3.63, 3.8) is 0 Å². The van der Waals surface area contributed by atoms with E-state index in [-0.39, 0.29) is 6.15 Å². The minimum atomic E-state index is -0.449. The molecule has 1 saturated heterocycles. The van der Waals surface area contributed by atoms with Gasteiger partial charge >= 0.3 is 12.1 Å². The predicted octanol–water partition coefficient (Wildman–Crippen LogP) is 2.36. The van der Waals surface area contributed by atoms with Crippen molar-refractivity contribution in [1.82, 2.24) is 19.8 Å². The van der Waals surface area contributed by atoms with Crippen LogP contribution in [0.2, 0.25) is 0 Å². The second kappa shape index (κ2) is 23.1. The number of carbonyl (C=O) groups is 1. The van der Waals surface area contributed by atoms with E-state index in [1.54, 1.807) is 6.07 Å². The van der Waals surface area contributed by atoms with Gasteiger partial charge in [0.1, 0.15) is 5.69 Å². The third kappa shape index (κ3) is 15.4. The Hall–Kier alpha value is -3.29. The summed E-state index contributed by atoms with van der Waals surface area (Å²) < 4.78 is 28.2. The first-order valence-corrected chi connectivity index (χ1v) is 14.8. The molecule has 0 N–H and O–H groups in total. The predicted molar refractivity (Wildman–Crippen MR) is 163 cm³/mol. The Morgan fingerprint density at radius 2 is 1.34 bits per heavy atom. The third-order valence-electron chi connectivity index (χ3n) is 6.38. The Bertz CT molecular complexity index is 1190. The second-order valence-corrected chi connectivity index (χ2v) is 9.64. The van der Waals surface area contributed by atoms with Crippen molar-refractivity contribution < 1.29 is 38.1 Å². The molecule has 44 heavy (non-hydrogen) atoms. The number of aryl methyl sites for hydroxylation is 1. The van der Waals surface area contributed by atoms with Crippen molar-refractivity contribution >= 4 is 35.2 Å². The number of hydrogen-bond acceptors (Lipinski definition) is 14. The van der Waals surface area contributed by atoms with Crippen LogP contribution in [0.3, 0.4) is 0 Å². The normalized spacial score (nSPS) is 16.6. The highest BCUT2D eigenvalue weighted by molar-refractivity contribution is 7.78. The smallest absolute Gasteiger partial charge is 0.373 e. The van der Waals surface area contributed by atoms with Crippen molar-refractivity contribution in [2.75, 3.05) is 86.1 Å². The van der Waals surface area contributed by atoms with Crippen LogP contribution in [0.25, 0.3) is 0 Å². The Kier molecular flexibility index (Phi) is 19.4. The molecule has 0 radical (unpaired) electrons. The van der Waals surface area contributed by atoms with Gasteiger partial charge in [0.2, 0.25) is 0 Å². The van der Waals surface area contributed by atoms with Crippen molar-refractivity contribution in [2.45, 2.75) is 26.4 Å². The molecular formula is C30H41N5O8S. The van der Waals surface area contributed by atoms with Crippen LogP contribution in [0.5, 0.6) is 0 Å². The fourth-order valence-electron chi connectivity index (χ4n) is 4.21. The molecule has 2 aromatic rings. The highest BCUT2D eigenvalue weighted by Gasteiger charge is 2.13. The molecule has 3 rings (SSSR count). The molecule has 1 aliphatic rings. The van der Waals surface area contributed by atoms with E-state index in [0.717, 1.165) is 42.3 Å². The molecule has 0 bridgehead atoms. The molecule has 0 atom stereocenters. The lowest BCUT2D eigenvalue weighted by molar-refractivity contribution is -0.191. The summed E-state index contributed by atoms with van der Waals surface area (Å²) in [7, 11) is 1.35. The Labute approximate surface area is 263 Å². The van der Waals surface area contributed by atoms with E-state index in [4.69, 9.17) is 50.5 Å². The summed E-state index contributed by atoms with van der Waals surface area (Å²) in [6.07, 6.45) is 1.07. The number of aromatic nitrogens is 2. The number of nitrogens with zero attached hydrogens (tertiary/aromatic N) is 5. The molecule has 0 amide bonds. The first-order valence-electron chi connectivity index (χ1n) is 14.4. The largest absolute Gasteiger partial charge is 0.464 e. The van der Waals surface area contributed by atoms with Crippen molar-refractivity contribution in [3.05, 3.63) is 53.1 Å². The molecule has 0 aromatic carbocycles. The third-order valence-corrected chi connectivity index (χ3v) is 6.47. The zero-order chi connectivity index (χ0) is 31.8. The number of aliphatic imine (C=N–C) groups is 1. The van der Waals surface area contributed by atoms with Crippen LogP contribution in [0.15, 0.2) is 35.3 Å². The van der Waals surface area contributed by atoms with Gasteiger partial charge in [0.25, 0.3) is 0 Å². The molecule has 14 heteroatoms. The monoisotopic (exact) mass is 631 g/mol. The number of ether oxygens (including phenoxy) is 5. The minimum absolute atomic E-state index is 0.250. The van der Waals surface area contributed by atoms with E-state index in [1.165, 1.54) is 7.11 Å². The number of carbonyl (C=O) groups excluding carboxylic acids is 3. The summed E-state index contributed by atoms with van der Waals surface area (Å²) in [6.45, 7) is 10.4. The molecule has 13 nitrogen and oxygen atoms in total. The van der Waals surface area contributed by atoms with Gasteiger partial charge in [0.05, 0.1) is 82.2 Å². The van der Waals surface area contributed by atoms with Crippen LogP contribution >= 0.6 is 12.2 Å². The van der Waals surface area contributed by atoms with Crippen LogP contribution in [-0.4, -0.2) is 123 Å². The van der Waals surface area contributed by atoms with E-state index >= 15 is 0 Å². The van der Waals surface area contributed by atoms with E-state index < -0.39 is 5.97 Å². The van der Waals surface area contributed by atoms with Crippen molar-refractivity contribution in [1.29, 1.82) is 0 Å².